The molecule has 0 radical (unpaired) electrons. The van der Waals surface area contributed by atoms with Gasteiger partial charge >= 0.3 is 7.60 Å². The maximum absolute atomic E-state index is 11.2. The first-order valence-corrected chi connectivity index (χ1v) is 4.66. The Hall–Kier alpha value is 0.0700. The molecule has 0 aromatic heterocycles. The molecular weight excluding hydrogens is 171 g/mol. The molecule has 2 atom stereocenters. The Bertz CT molecular complexity index is 149. The van der Waals surface area contributed by atoms with Gasteiger partial charge in [-0.2, -0.15) is 0 Å². The van der Waals surface area contributed by atoms with E-state index in [9.17, 15) is 4.57 Å². The summed E-state index contributed by atoms with van der Waals surface area (Å²) >= 11 is 0. The highest BCUT2D eigenvalue weighted by Crippen LogP contribution is 2.51. The Balaban J connectivity index is 4.38. The van der Waals surface area contributed by atoms with Gasteiger partial charge in [-0.3, -0.25) is 4.57 Å². The van der Waals surface area contributed by atoms with Crippen LogP contribution < -0.4 is 0 Å². The fourth-order valence-corrected chi connectivity index (χ4v) is 1.66. The van der Waals surface area contributed by atoms with Crippen molar-refractivity contribution in [2.24, 2.45) is 0 Å². The van der Waals surface area contributed by atoms with E-state index >= 15 is 0 Å². The molecular formula is C5H13O5P. The highest BCUT2D eigenvalue weighted by atomic mass is 31.2. The van der Waals surface area contributed by atoms with Crippen molar-refractivity contribution in [1.29, 1.82) is 0 Å². The molecule has 0 rings (SSSR count). The monoisotopic (exact) mass is 184 g/mol. The maximum Gasteiger partial charge on any atom is 0.361 e. The standard InChI is InChI=1S/C5H13O5P/c1-4(6)5(7)11(8,9-2)10-3/h4-7H,1-3H3. The van der Waals surface area contributed by atoms with Crippen molar-refractivity contribution in [3.8, 4) is 0 Å². The molecule has 0 fully saturated rings. The largest absolute Gasteiger partial charge is 0.390 e. The second kappa shape index (κ2) is 4.18. The number of hydrogen-bond acceptors (Lipinski definition) is 5. The topological polar surface area (TPSA) is 76.0 Å². The second-order valence-electron chi connectivity index (χ2n) is 2.06. The lowest BCUT2D eigenvalue weighted by Crippen LogP contribution is -2.23. The van der Waals surface area contributed by atoms with Gasteiger partial charge in [0, 0.05) is 14.2 Å². The fourth-order valence-electron chi connectivity index (χ4n) is 0.555. The zero-order valence-electron chi connectivity index (χ0n) is 6.72. The third kappa shape index (κ3) is 2.54. The molecule has 2 N–H and O–H groups in total. The van der Waals surface area contributed by atoms with E-state index in [0.717, 1.165) is 14.2 Å². The van der Waals surface area contributed by atoms with E-state index in [1.165, 1.54) is 6.92 Å². The third-order valence-corrected chi connectivity index (χ3v) is 3.36. The maximum atomic E-state index is 11.2. The molecule has 0 aliphatic rings. The van der Waals surface area contributed by atoms with Crippen molar-refractivity contribution in [2.75, 3.05) is 14.2 Å². The van der Waals surface area contributed by atoms with Crippen LogP contribution in [0.4, 0.5) is 0 Å². The van der Waals surface area contributed by atoms with Crippen LogP contribution in [0.25, 0.3) is 0 Å². The summed E-state index contributed by atoms with van der Waals surface area (Å²) < 4.78 is 20.1. The summed E-state index contributed by atoms with van der Waals surface area (Å²) in [5.41, 5.74) is 0. The normalized spacial score (nSPS) is 17.9. The number of aliphatic hydroxyl groups excluding tert-OH is 2. The van der Waals surface area contributed by atoms with E-state index in [0.29, 0.717) is 0 Å². The molecule has 0 amide bonds. The van der Waals surface area contributed by atoms with Crippen molar-refractivity contribution in [2.45, 2.75) is 18.9 Å². The van der Waals surface area contributed by atoms with Crippen LogP contribution in [-0.2, 0) is 13.6 Å². The van der Waals surface area contributed by atoms with Crippen molar-refractivity contribution in [3.05, 3.63) is 0 Å². The Labute approximate surface area is 65.5 Å². The SMILES string of the molecule is COP(=O)(OC)C(O)C(C)O. The number of hydrogen-bond donors (Lipinski definition) is 2. The smallest absolute Gasteiger partial charge is 0.361 e. The van der Waals surface area contributed by atoms with Crippen LogP contribution in [0.5, 0.6) is 0 Å². The van der Waals surface area contributed by atoms with Gasteiger partial charge in [-0.25, -0.2) is 0 Å². The van der Waals surface area contributed by atoms with Gasteiger partial charge in [0.05, 0.1) is 6.10 Å². The summed E-state index contributed by atoms with van der Waals surface area (Å²) in [5.74, 6) is -1.49. The first-order valence-electron chi connectivity index (χ1n) is 3.05. The van der Waals surface area contributed by atoms with Crippen molar-refractivity contribution in [3.63, 3.8) is 0 Å². The lowest BCUT2D eigenvalue weighted by Gasteiger charge is -2.21. The van der Waals surface area contributed by atoms with E-state index in [4.69, 9.17) is 10.2 Å². The average Bonchev–Trinajstić information content (AvgIpc) is 2.01. The molecule has 68 valence electrons. The highest BCUT2D eigenvalue weighted by Gasteiger charge is 2.35. The molecule has 11 heavy (non-hydrogen) atoms. The van der Waals surface area contributed by atoms with Crippen LogP contribution >= 0.6 is 7.60 Å². The molecule has 0 saturated heterocycles. The number of rotatable bonds is 4. The highest BCUT2D eigenvalue weighted by molar-refractivity contribution is 7.54. The molecule has 0 aliphatic heterocycles. The number of aliphatic hydroxyl groups is 2. The minimum atomic E-state index is -3.52. The Morgan fingerprint density at radius 3 is 1.73 bits per heavy atom. The molecule has 0 aromatic carbocycles. The molecule has 6 heteroatoms. The third-order valence-electron chi connectivity index (χ3n) is 1.26. The lowest BCUT2D eigenvalue weighted by atomic mass is 10.4. The lowest BCUT2D eigenvalue weighted by molar-refractivity contribution is 0.0576. The van der Waals surface area contributed by atoms with Gasteiger partial charge in [0.15, 0.2) is 5.85 Å². The quantitative estimate of drug-likeness (QED) is 0.609. The minimum Gasteiger partial charge on any atom is -0.390 e. The van der Waals surface area contributed by atoms with E-state index in [2.05, 4.69) is 9.05 Å². The van der Waals surface area contributed by atoms with Crippen LogP contribution in [0.1, 0.15) is 6.92 Å². The van der Waals surface area contributed by atoms with Crippen LogP contribution in [0, 0.1) is 0 Å². The zero-order chi connectivity index (χ0) is 9.07. The molecule has 0 saturated carbocycles. The van der Waals surface area contributed by atoms with Gasteiger partial charge in [-0.1, -0.05) is 0 Å². The summed E-state index contributed by atoms with van der Waals surface area (Å²) in [6.07, 6.45) is -1.14. The summed E-state index contributed by atoms with van der Waals surface area (Å²) in [5, 5.41) is 17.9. The average molecular weight is 184 g/mol. The zero-order valence-corrected chi connectivity index (χ0v) is 7.62. The molecule has 2 unspecified atom stereocenters. The van der Waals surface area contributed by atoms with Gasteiger partial charge in [0.2, 0.25) is 0 Å². The van der Waals surface area contributed by atoms with Gasteiger partial charge in [-0.15, -0.1) is 0 Å². The summed E-state index contributed by atoms with van der Waals surface area (Å²) in [4.78, 5) is 0. The summed E-state index contributed by atoms with van der Waals surface area (Å²) in [6, 6.07) is 0. The summed E-state index contributed by atoms with van der Waals surface area (Å²) in [7, 11) is -1.23. The van der Waals surface area contributed by atoms with Crippen molar-refractivity contribution < 1.29 is 23.8 Å². The Morgan fingerprint density at radius 1 is 1.27 bits per heavy atom. The fraction of sp³-hybridized carbons (Fsp3) is 1.00. The molecule has 5 nitrogen and oxygen atoms in total. The van der Waals surface area contributed by atoms with E-state index in [-0.39, 0.29) is 0 Å². The van der Waals surface area contributed by atoms with Crippen LogP contribution in [0.15, 0.2) is 0 Å². The minimum absolute atomic E-state index is 1.14. The molecule has 0 bridgehead atoms. The van der Waals surface area contributed by atoms with Gasteiger partial charge in [-0.05, 0) is 6.92 Å². The first-order chi connectivity index (χ1) is 4.98. The first kappa shape index (κ1) is 11.1. The van der Waals surface area contributed by atoms with Crippen LogP contribution in [0.2, 0.25) is 0 Å². The Kier molecular flexibility index (Phi) is 4.21. The summed E-state index contributed by atoms with van der Waals surface area (Å²) in [6.45, 7) is 1.30. The predicted molar refractivity (Wildman–Crippen MR) is 39.3 cm³/mol. The second-order valence-corrected chi connectivity index (χ2v) is 4.40. The van der Waals surface area contributed by atoms with Gasteiger partial charge in [0.1, 0.15) is 0 Å². The van der Waals surface area contributed by atoms with Crippen molar-refractivity contribution in [1.82, 2.24) is 0 Å². The Morgan fingerprint density at radius 2 is 1.64 bits per heavy atom. The molecule has 0 aromatic rings. The molecule has 0 aliphatic carbocycles. The van der Waals surface area contributed by atoms with E-state index in [1.807, 2.05) is 0 Å². The van der Waals surface area contributed by atoms with E-state index in [1.54, 1.807) is 0 Å². The molecule has 0 heterocycles. The predicted octanol–water partition coefficient (Wildman–Crippen LogP) is 0.171. The van der Waals surface area contributed by atoms with Gasteiger partial charge < -0.3 is 19.3 Å². The van der Waals surface area contributed by atoms with Crippen LogP contribution in [0.3, 0.4) is 0 Å². The molecule has 0 spiro atoms. The van der Waals surface area contributed by atoms with Crippen LogP contribution in [-0.4, -0.2) is 36.4 Å². The van der Waals surface area contributed by atoms with E-state index < -0.39 is 19.5 Å². The van der Waals surface area contributed by atoms with Gasteiger partial charge in [0.25, 0.3) is 0 Å². The van der Waals surface area contributed by atoms with Crippen molar-refractivity contribution >= 4 is 7.60 Å².